The van der Waals surface area contributed by atoms with Crippen molar-refractivity contribution in [2.24, 2.45) is 0 Å². The molecular weight excluding hydrogens is 247 g/mol. The number of carbonyl (C=O) groups is 1. The third-order valence-electron chi connectivity index (χ3n) is 2.75. The minimum Gasteiger partial charge on any atom is -0.507 e. The molecule has 4 heteroatoms. The highest BCUT2D eigenvalue weighted by molar-refractivity contribution is 5.95. The number of carbonyl (C=O) groups excluding carboxylic acids is 1. The molecule has 0 heterocycles. The van der Waals surface area contributed by atoms with Gasteiger partial charge in [-0.2, -0.15) is 0 Å². The van der Waals surface area contributed by atoms with E-state index in [-0.39, 0.29) is 17.1 Å². The van der Waals surface area contributed by atoms with Crippen LogP contribution in [0, 0.1) is 5.82 Å². The summed E-state index contributed by atoms with van der Waals surface area (Å²) in [7, 11) is 1.51. The molecule has 0 amide bonds. The van der Waals surface area contributed by atoms with Gasteiger partial charge in [-0.3, -0.25) is 4.79 Å². The average Bonchev–Trinajstić information content (AvgIpc) is 2.37. The lowest BCUT2D eigenvalue weighted by Crippen LogP contribution is -1.92. The minimum absolute atomic E-state index is 0.246. The van der Waals surface area contributed by atoms with Gasteiger partial charge in [-0.25, -0.2) is 4.39 Å². The maximum atomic E-state index is 14.0. The molecule has 2 aromatic rings. The zero-order chi connectivity index (χ0) is 14.0. The molecule has 0 bridgehead atoms. The average molecular weight is 260 g/mol. The Bertz CT molecular complexity index is 674. The minimum atomic E-state index is -0.477. The summed E-state index contributed by atoms with van der Waals surface area (Å²) in [6.45, 7) is 1.32. The molecule has 0 saturated heterocycles. The lowest BCUT2D eigenvalue weighted by molar-refractivity contribution is -0.112. The van der Waals surface area contributed by atoms with Gasteiger partial charge in [0, 0.05) is 17.0 Å². The van der Waals surface area contributed by atoms with Crippen LogP contribution in [0.4, 0.5) is 4.39 Å². The van der Waals surface area contributed by atoms with Crippen molar-refractivity contribution >= 4 is 22.3 Å². The molecule has 19 heavy (non-hydrogen) atoms. The van der Waals surface area contributed by atoms with E-state index in [1.54, 1.807) is 24.3 Å². The molecule has 0 atom stereocenters. The van der Waals surface area contributed by atoms with E-state index in [4.69, 9.17) is 4.74 Å². The van der Waals surface area contributed by atoms with Crippen LogP contribution in [-0.4, -0.2) is 18.0 Å². The Balaban J connectivity index is 2.60. The van der Waals surface area contributed by atoms with Gasteiger partial charge in [0.25, 0.3) is 0 Å². The molecule has 2 rings (SSSR count). The van der Waals surface area contributed by atoms with E-state index >= 15 is 0 Å². The standard InChI is InChI=1S/C15H13FO3/c1-9(17)5-15(18)11-6-10-3-4-12(19-2)8-13(10)14(16)7-11/h3-8,18H,1-2H3/b15-5-. The fraction of sp³-hybridized carbons (Fsp3) is 0.133. The van der Waals surface area contributed by atoms with Gasteiger partial charge in [-0.05, 0) is 36.6 Å². The topological polar surface area (TPSA) is 46.5 Å². The SMILES string of the molecule is COc1ccc2cc(/C(O)=C/C(C)=O)cc(F)c2c1. The van der Waals surface area contributed by atoms with Gasteiger partial charge in [-0.15, -0.1) is 0 Å². The Morgan fingerprint density at radius 2 is 2.05 bits per heavy atom. The second-order valence-electron chi connectivity index (χ2n) is 4.19. The number of aliphatic hydroxyl groups is 1. The Kier molecular flexibility index (Phi) is 3.51. The van der Waals surface area contributed by atoms with E-state index in [2.05, 4.69) is 0 Å². The molecule has 3 nitrogen and oxygen atoms in total. The Hall–Kier alpha value is -2.36. The largest absolute Gasteiger partial charge is 0.507 e. The lowest BCUT2D eigenvalue weighted by atomic mass is 10.0. The number of benzene rings is 2. The fourth-order valence-electron chi connectivity index (χ4n) is 1.84. The molecule has 0 spiro atoms. The van der Waals surface area contributed by atoms with Crippen molar-refractivity contribution in [1.82, 2.24) is 0 Å². The Morgan fingerprint density at radius 3 is 2.68 bits per heavy atom. The first-order valence-electron chi connectivity index (χ1n) is 5.70. The van der Waals surface area contributed by atoms with Crippen molar-refractivity contribution < 1.29 is 19.0 Å². The highest BCUT2D eigenvalue weighted by Crippen LogP contribution is 2.26. The molecule has 0 aromatic heterocycles. The van der Waals surface area contributed by atoms with Crippen LogP contribution in [0.1, 0.15) is 12.5 Å². The van der Waals surface area contributed by atoms with Gasteiger partial charge in [0.1, 0.15) is 17.3 Å². The monoisotopic (exact) mass is 260 g/mol. The summed E-state index contributed by atoms with van der Waals surface area (Å²) in [4.78, 5) is 10.9. The number of aliphatic hydroxyl groups excluding tert-OH is 1. The van der Waals surface area contributed by atoms with Crippen molar-refractivity contribution in [1.29, 1.82) is 0 Å². The van der Waals surface area contributed by atoms with Crippen molar-refractivity contribution in [2.75, 3.05) is 7.11 Å². The van der Waals surface area contributed by atoms with Crippen molar-refractivity contribution in [3.63, 3.8) is 0 Å². The number of rotatable bonds is 3. The summed E-state index contributed by atoms with van der Waals surface area (Å²) in [5.41, 5.74) is 0.269. The van der Waals surface area contributed by atoms with Gasteiger partial charge in [-0.1, -0.05) is 6.07 Å². The van der Waals surface area contributed by atoms with Crippen LogP contribution >= 0.6 is 0 Å². The highest BCUT2D eigenvalue weighted by Gasteiger charge is 2.08. The maximum Gasteiger partial charge on any atom is 0.156 e. The normalized spacial score (nSPS) is 11.6. The zero-order valence-electron chi connectivity index (χ0n) is 10.6. The molecular formula is C15H13FO3. The van der Waals surface area contributed by atoms with Crippen molar-refractivity contribution in [3.8, 4) is 5.75 Å². The molecule has 0 fully saturated rings. The third kappa shape index (κ3) is 2.73. The number of fused-ring (bicyclic) bond motifs is 1. The summed E-state index contributed by atoms with van der Waals surface area (Å²) in [6, 6.07) is 7.79. The summed E-state index contributed by atoms with van der Waals surface area (Å²) in [5.74, 6) is -0.464. The molecule has 0 saturated carbocycles. The zero-order valence-corrected chi connectivity index (χ0v) is 10.6. The summed E-state index contributed by atoms with van der Waals surface area (Å²) in [6.07, 6.45) is 1.06. The van der Waals surface area contributed by atoms with Gasteiger partial charge >= 0.3 is 0 Å². The van der Waals surface area contributed by atoms with Crippen LogP contribution in [0.5, 0.6) is 5.75 Å². The van der Waals surface area contributed by atoms with Crippen LogP contribution in [0.3, 0.4) is 0 Å². The van der Waals surface area contributed by atoms with Crippen molar-refractivity contribution in [3.05, 3.63) is 47.8 Å². The first-order valence-corrected chi connectivity index (χ1v) is 5.70. The number of ether oxygens (including phenoxy) is 1. The van der Waals surface area contributed by atoms with E-state index in [9.17, 15) is 14.3 Å². The van der Waals surface area contributed by atoms with Gasteiger partial charge in [0.2, 0.25) is 0 Å². The predicted octanol–water partition coefficient (Wildman–Crippen LogP) is 3.48. The van der Waals surface area contributed by atoms with E-state index in [1.165, 1.54) is 20.1 Å². The second-order valence-corrected chi connectivity index (χ2v) is 4.19. The van der Waals surface area contributed by atoms with Gasteiger partial charge in [0.15, 0.2) is 5.78 Å². The molecule has 0 unspecified atom stereocenters. The molecule has 1 N–H and O–H groups in total. The Labute approximate surface area is 109 Å². The van der Waals surface area contributed by atoms with Gasteiger partial charge < -0.3 is 9.84 Å². The number of hydrogen-bond donors (Lipinski definition) is 1. The van der Waals surface area contributed by atoms with E-state index in [0.717, 1.165) is 6.08 Å². The van der Waals surface area contributed by atoms with Crippen LogP contribution in [-0.2, 0) is 4.79 Å². The van der Waals surface area contributed by atoms with Crippen LogP contribution in [0.2, 0.25) is 0 Å². The maximum absolute atomic E-state index is 14.0. The van der Waals surface area contributed by atoms with Gasteiger partial charge in [0.05, 0.1) is 7.11 Å². The van der Waals surface area contributed by atoms with E-state index in [1.807, 2.05) is 0 Å². The number of methoxy groups -OCH3 is 1. The molecule has 0 radical (unpaired) electrons. The highest BCUT2D eigenvalue weighted by atomic mass is 19.1. The van der Waals surface area contributed by atoms with E-state index in [0.29, 0.717) is 16.5 Å². The summed E-state index contributed by atoms with van der Waals surface area (Å²) in [5, 5.41) is 10.8. The van der Waals surface area contributed by atoms with Crippen LogP contribution in [0.25, 0.3) is 16.5 Å². The quantitative estimate of drug-likeness (QED) is 0.679. The van der Waals surface area contributed by atoms with Crippen LogP contribution in [0.15, 0.2) is 36.4 Å². The van der Waals surface area contributed by atoms with Crippen molar-refractivity contribution in [2.45, 2.75) is 6.92 Å². The van der Waals surface area contributed by atoms with E-state index < -0.39 is 5.82 Å². The first kappa shape index (κ1) is 13.1. The lowest BCUT2D eigenvalue weighted by Gasteiger charge is -2.06. The molecule has 0 aliphatic heterocycles. The van der Waals surface area contributed by atoms with Crippen LogP contribution < -0.4 is 4.74 Å². The summed E-state index contributed by atoms with van der Waals surface area (Å²) < 4.78 is 19.0. The number of halogens is 1. The second kappa shape index (κ2) is 5.10. The Morgan fingerprint density at radius 1 is 1.32 bits per heavy atom. The smallest absolute Gasteiger partial charge is 0.156 e. The summed E-state index contributed by atoms with van der Waals surface area (Å²) >= 11 is 0. The fourth-order valence-corrected chi connectivity index (χ4v) is 1.84. The molecule has 0 aliphatic rings. The molecule has 2 aromatic carbocycles. The first-order chi connectivity index (χ1) is 9.01. The number of ketones is 1. The number of allylic oxidation sites excluding steroid dienone is 1. The molecule has 0 aliphatic carbocycles. The number of hydrogen-bond acceptors (Lipinski definition) is 3. The molecule has 98 valence electrons. The third-order valence-corrected chi connectivity index (χ3v) is 2.75. The predicted molar refractivity (Wildman–Crippen MR) is 71.7 cm³/mol.